The van der Waals surface area contributed by atoms with Gasteiger partial charge in [0.25, 0.3) is 0 Å². The average molecular weight is 193 g/mol. The number of carboxylic acids is 1. The van der Waals surface area contributed by atoms with Gasteiger partial charge >= 0.3 is 5.97 Å². The summed E-state index contributed by atoms with van der Waals surface area (Å²) in [7, 11) is 0. The second kappa shape index (κ2) is 3.86. The monoisotopic (exact) mass is 193 g/mol. The Morgan fingerprint density at radius 2 is 1.86 bits per heavy atom. The fourth-order valence-corrected chi connectivity index (χ4v) is 2.38. The molecule has 0 aliphatic heterocycles. The van der Waals surface area contributed by atoms with Crippen LogP contribution in [0.4, 0.5) is 0 Å². The molecule has 1 aliphatic rings. The van der Waals surface area contributed by atoms with Gasteiger partial charge in [0.15, 0.2) is 0 Å². The first kappa shape index (κ1) is 9.31. The number of aromatic nitrogens is 1. The molecule has 1 atom stereocenters. The molecular weight excluding hydrogens is 178 g/mol. The van der Waals surface area contributed by atoms with Crippen LogP contribution in [0.2, 0.25) is 0 Å². The Bertz CT molecular complexity index is 299. The first-order chi connectivity index (χ1) is 6.79. The van der Waals surface area contributed by atoms with Crippen LogP contribution in [0.15, 0.2) is 24.5 Å². The van der Waals surface area contributed by atoms with Crippen LogP contribution in [-0.4, -0.2) is 15.6 Å². The first-order valence-corrected chi connectivity index (χ1v) is 5.14. The maximum absolute atomic E-state index is 11.2. The van der Waals surface area contributed by atoms with E-state index in [1.54, 1.807) is 0 Å². The van der Waals surface area contributed by atoms with Crippen LogP contribution in [0.25, 0.3) is 0 Å². The van der Waals surface area contributed by atoms with E-state index in [4.69, 9.17) is 0 Å². The molecular formula is C11H15NO2. The molecule has 2 rings (SSSR count). The molecule has 3 heteroatoms. The molecule has 3 nitrogen and oxygen atoms in total. The molecule has 1 N–H and O–H groups in total. The summed E-state index contributed by atoms with van der Waals surface area (Å²) in [6, 6.07) is 3.41. The Morgan fingerprint density at radius 1 is 1.29 bits per heavy atom. The van der Waals surface area contributed by atoms with E-state index < -0.39 is 5.97 Å². The normalized spacial score (nSPS) is 19.7. The number of rotatable bonds is 3. The molecule has 1 aromatic heterocycles. The molecule has 1 heterocycles. The van der Waals surface area contributed by atoms with Gasteiger partial charge in [-0.2, -0.15) is 0 Å². The Kier molecular flexibility index (Phi) is 2.57. The first-order valence-electron chi connectivity index (χ1n) is 5.14. The second-order valence-corrected chi connectivity index (χ2v) is 3.96. The predicted octanol–water partition coefficient (Wildman–Crippen LogP) is 2.30. The summed E-state index contributed by atoms with van der Waals surface area (Å²) >= 11 is 0. The highest BCUT2D eigenvalue weighted by Crippen LogP contribution is 2.34. The van der Waals surface area contributed by atoms with Crippen molar-refractivity contribution in [2.45, 2.75) is 31.7 Å². The van der Waals surface area contributed by atoms with E-state index >= 15 is 0 Å². The van der Waals surface area contributed by atoms with Gasteiger partial charge in [-0.25, -0.2) is 4.79 Å². The van der Waals surface area contributed by atoms with Gasteiger partial charge in [0.2, 0.25) is 0 Å². The Balaban J connectivity index is 2.19. The minimum absolute atomic E-state index is 0.319. The zero-order valence-corrected chi connectivity index (χ0v) is 8.10. The van der Waals surface area contributed by atoms with E-state index in [9.17, 15) is 9.90 Å². The van der Waals surface area contributed by atoms with Gasteiger partial charge in [-0.3, -0.25) is 0 Å². The zero-order chi connectivity index (χ0) is 9.97. The van der Waals surface area contributed by atoms with Crippen molar-refractivity contribution in [2.24, 2.45) is 5.92 Å². The van der Waals surface area contributed by atoms with Gasteiger partial charge in [-0.15, -0.1) is 0 Å². The SMILES string of the molecule is O=C(O)C(C1CCCC1)n1cccc1. The number of hydrogen-bond acceptors (Lipinski definition) is 1. The summed E-state index contributed by atoms with van der Waals surface area (Å²) in [6.07, 6.45) is 8.14. The molecule has 14 heavy (non-hydrogen) atoms. The van der Waals surface area contributed by atoms with Crippen molar-refractivity contribution in [1.82, 2.24) is 4.57 Å². The van der Waals surface area contributed by atoms with Gasteiger partial charge in [-0.1, -0.05) is 12.8 Å². The lowest BCUT2D eigenvalue weighted by Gasteiger charge is -2.20. The van der Waals surface area contributed by atoms with Crippen molar-refractivity contribution in [3.05, 3.63) is 24.5 Å². The molecule has 0 bridgehead atoms. The molecule has 1 aliphatic carbocycles. The molecule has 1 aromatic rings. The minimum atomic E-state index is -0.701. The molecule has 0 saturated heterocycles. The molecule has 0 spiro atoms. The van der Waals surface area contributed by atoms with Crippen LogP contribution in [0.1, 0.15) is 31.7 Å². The smallest absolute Gasteiger partial charge is 0.326 e. The van der Waals surface area contributed by atoms with Crippen molar-refractivity contribution in [2.75, 3.05) is 0 Å². The van der Waals surface area contributed by atoms with E-state index in [0.29, 0.717) is 5.92 Å². The quantitative estimate of drug-likeness (QED) is 0.800. The molecule has 1 unspecified atom stereocenters. The number of hydrogen-bond donors (Lipinski definition) is 1. The molecule has 0 radical (unpaired) electrons. The van der Waals surface area contributed by atoms with E-state index in [-0.39, 0.29) is 6.04 Å². The third-order valence-corrected chi connectivity index (χ3v) is 3.05. The lowest BCUT2D eigenvalue weighted by molar-refractivity contribution is -0.142. The fraction of sp³-hybridized carbons (Fsp3) is 0.545. The van der Waals surface area contributed by atoms with Crippen molar-refractivity contribution >= 4 is 5.97 Å². The van der Waals surface area contributed by atoms with Gasteiger partial charge in [0.05, 0.1) is 0 Å². The van der Waals surface area contributed by atoms with Crippen molar-refractivity contribution in [3.8, 4) is 0 Å². The van der Waals surface area contributed by atoms with Crippen molar-refractivity contribution in [3.63, 3.8) is 0 Å². The number of carbonyl (C=O) groups is 1. The fourth-order valence-electron chi connectivity index (χ4n) is 2.38. The minimum Gasteiger partial charge on any atom is -0.480 e. The third kappa shape index (κ3) is 1.67. The number of carboxylic acid groups (broad SMARTS) is 1. The lowest BCUT2D eigenvalue weighted by Crippen LogP contribution is -2.24. The number of aliphatic carboxylic acids is 1. The lowest BCUT2D eigenvalue weighted by atomic mass is 9.98. The Hall–Kier alpha value is -1.25. The van der Waals surface area contributed by atoms with Gasteiger partial charge in [0.1, 0.15) is 6.04 Å². The Labute approximate surface area is 83.4 Å². The van der Waals surface area contributed by atoms with Crippen LogP contribution in [-0.2, 0) is 4.79 Å². The molecule has 76 valence electrons. The third-order valence-electron chi connectivity index (χ3n) is 3.05. The van der Waals surface area contributed by atoms with Crippen LogP contribution in [0.5, 0.6) is 0 Å². The van der Waals surface area contributed by atoms with Gasteiger partial charge in [-0.05, 0) is 30.9 Å². The van der Waals surface area contributed by atoms with Crippen LogP contribution < -0.4 is 0 Å². The summed E-state index contributed by atoms with van der Waals surface area (Å²) in [5, 5.41) is 9.18. The maximum atomic E-state index is 11.2. The largest absolute Gasteiger partial charge is 0.480 e. The molecule has 0 amide bonds. The highest BCUT2D eigenvalue weighted by Gasteiger charge is 2.31. The van der Waals surface area contributed by atoms with E-state index in [1.165, 1.54) is 12.8 Å². The van der Waals surface area contributed by atoms with Crippen molar-refractivity contribution in [1.29, 1.82) is 0 Å². The second-order valence-electron chi connectivity index (χ2n) is 3.96. The maximum Gasteiger partial charge on any atom is 0.326 e. The van der Waals surface area contributed by atoms with Crippen LogP contribution >= 0.6 is 0 Å². The summed E-state index contributed by atoms with van der Waals surface area (Å²) in [4.78, 5) is 11.2. The summed E-state index contributed by atoms with van der Waals surface area (Å²) < 4.78 is 1.82. The van der Waals surface area contributed by atoms with Gasteiger partial charge in [0, 0.05) is 12.4 Å². The summed E-state index contributed by atoms with van der Waals surface area (Å²) in [6.45, 7) is 0. The van der Waals surface area contributed by atoms with E-state index in [0.717, 1.165) is 12.8 Å². The molecule has 0 aromatic carbocycles. The topological polar surface area (TPSA) is 42.2 Å². The Morgan fingerprint density at radius 3 is 2.36 bits per heavy atom. The van der Waals surface area contributed by atoms with Crippen LogP contribution in [0.3, 0.4) is 0 Å². The number of nitrogens with zero attached hydrogens (tertiary/aromatic N) is 1. The highest BCUT2D eigenvalue weighted by molar-refractivity contribution is 5.72. The summed E-state index contributed by atoms with van der Waals surface area (Å²) in [5.41, 5.74) is 0. The highest BCUT2D eigenvalue weighted by atomic mass is 16.4. The van der Waals surface area contributed by atoms with Crippen LogP contribution in [0, 0.1) is 5.92 Å². The summed E-state index contributed by atoms with van der Waals surface area (Å²) in [5.74, 6) is -0.381. The molecule has 1 saturated carbocycles. The average Bonchev–Trinajstić information content (AvgIpc) is 2.75. The standard InChI is InChI=1S/C11H15NO2/c13-11(14)10(9-5-1-2-6-9)12-7-3-4-8-12/h3-4,7-10H,1-2,5-6H2,(H,13,14). The zero-order valence-electron chi connectivity index (χ0n) is 8.10. The van der Waals surface area contributed by atoms with E-state index in [1.807, 2.05) is 29.1 Å². The van der Waals surface area contributed by atoms with E-state index in [2.05, 4.69) is 0 Å². The van der Waals surface area contributed by atoms with Gasteiger partial charge < -0.3 is 9.67 Å². The molecule has 1 fully saturated rings. The predicted molar refractivity (Wildman–Crippen MR) is 53.1 cm³/mol. The van der Waals surface area contributed by atoms with Crippen molar-refractivity contribution < 1.29 is 9.90 Å².